The molecule has 0 spiro atoms. The maximum atomic E-state index is 9.00. The highest BCUT2D eigenvalue weighted by Gasteiger charge is 1.67. The lowest BCUT2D eigenvalue weighted by Crippen LogP contribution is -2.16. The molecule has 0 saturated carbocycles. The molecule has 0 aromatic rings. The van der Waals surface area contributed by atoms with Crippen molar-refractivity contribution in [3.05, 3.63) is 12.8 Å². The van der Waals surface area contributed by atoms with E-state index in [0.717, 1.165) is 34.2 Å². The van der Waals surface area contributed by atoms with Gasteiger partial charge in [-0.1, -0.05) is 6.58 Å². The highest BCUT2D eigenvalue weighted by molar-refractivity contribution is 5.63. The molecule has 0 aliphatic heterocycles. The molecule has 0 aromatic heterocycles. The van der Waals surface area contributed by atoms with Crippen LogP contribution in [0.2, 0.25) is 0 Å². The first kappa shape index (κ1) is 31.7. The van der Waals surface area contributed by atoms with Crippen molar-refractivity contribution in [3.8, 4) is 0 Å². The summed E-state index contributed by atoms with van der Waals surface area (Å²) in [5.74, 6) is -3.33. The molecular formula is C12H26N2O8. The number of aliphatic carboxylic acids is 4. The summed E-state index contributed by atoms with van der Waals surface area (Å²) in [6.45, 7) is 9.26. The summed E-state index contributed by atoms with van der Waals surface area (Å²) < 4.78 is 0. The number of carboxylic acids is 4. The Hall–Kier alpha value is -2.62. The first-order chi connectivity index (χ1) is 9.84. The molecule has 0 aliphatic rings. The van der Waals surface area contributed by atoms with Crippen LogP contribution in [0, 0.1) is 0 Å². The fourth-order valence-corrected chi connectivity index (χ4v) is 0.185. The molecule has 0 atom stereocenters. The smallest absolute Gasteiger partial charge is 0.300 e. The topological polar surface area (TPSA) is 187 Å². The maximum absolute atomic E-state index is 9.00. The van der Waals surface area contributed by atoms with E-state index in [9.17, 15) is 0 Å². The average Bonchev–Trinajstić information content (AvgIpc) is 2.23. The summed E-state index contributed by atoms with van der Waals surface area (Å²) in [6, 6.07) is 0. The largest absolute Gasteiger partial charge is 0.481 e. The molecule has 0 radical (unpaired) electrons. The minimum absolute atomic E-state index is 0.673. The normalized spacial score (nSPS) is 6.59. The van der Waals surface area contributed by atoms with Crippen LogP contribution in [0.5, 0.6) is 0 Å². The lowest BCUT2D eigenvalue weighted by molar-refractivity contribution is -0.135. The van der Waals surface area contributed by atoms with E-state index in [1.54, 1.807) is 6.20 Å². The summed E-state index contributed by atoms with van der Waals surface area (Å²) in [5, 5.41) is 32.5. The number of nitrogens with two attached hydrogens (primary N) is 1. The second kappa shape index (κ2) is 31.0. The SMILES string of the molecule is C=CNCCN.CC(=O)O.CC(=O)O.CC(=O)O.CC(=O)O. The van der Waals surface area contributed by atoms with Crippen LogP contribution in [-0.2, 0) is 19.2 Å². The molecule has 0 heterocycles. The Bertz CT molecular complexity index is 242. The van der Waals surface area contributed by atoms with E-state index in [-0.39, 0.29) is 0 Å². The van der Waals surface area contributed by atoms with Gasteiger partial charge >= 0.3 is 0 Å². The van der Waals surface area contributed by atoms with Gasteiger partial charge in [0, 0.05) is 40.8 Å². The quantitative estimate of drug-likeness (QED) is 0.386. The lowest BCUT2D eigenvalue weighted by atomic mass is 10.6. The Balaban J connectivity index is -0.0000000555. The van der Waals surface area contributed by atoms with Gasteiger partial charge < -0.3 is 31.5 Å². The van der Waals surface area contributed by atoms with Crippen LogP contribution in [0.15, 0.2) is 12.8 Å². The predicted molar refractivity (Wildman–Crippen MR) is 80.5 cm³/mol. The van der Waals surface area contributed by atoms with Gasteiger partial charge in [0.25, 0.3) is 23.9 Å². The van der Waals surface area contributed by atoms with E-state index in [0.29, 0.717) is 6.54 Å². The average molecular weight is 326 g/mol. The first-order valence-electron chi connectivity index (χ1n) is 5.67. The van der Waals surface area contributed by atoms with Gasteiger partial charge in [0.2, 0.25) is 0 Å². The minimum atomic E-state index is -0.833. The molecule has 10 nitrogen and oxygen atoms in total. The molecule has 0 saturated heterocycles. The molecule has 10 heteroatoms. The highest BCUT2D eigenvalue weighted by atomic mass is 16.4. The molecule has 7 N–H and O–H groups in total. The van der Waals surface area contributed by atoms with Crippen LogP contribution < -0.4 is 11.1 Å². The van der Waals surface area contributed by atoms with Gasteiger partial charge in [0.1, 0.15) is 0 Å². The second-order valence-electron chi connectivity index (χ2n) is 3.02. The highest BCUT2D eigenvalue weighted by Crippen LogP contribution is 1.48. The van der Waals surface area contributed by atoms with E-state index < -0.39 is 23.9 Å². The molecule has 0 amide bonds. The summed E-state index contributed by atoms with van der Waals surface area (Å²) in [5.41, 5.74) is 5.10. The third-order valence-electron chi connectivity index (χ3n) is 0.433. The zero-order chi connectivity index (χ0) is 19.1. The standard InChI is InChI=1S/C4H10N2.4C2H4O2/c1-2-6-4-3-5;4*1-2(3)4/h2,6H,1,3-5H2;4*1H3,(H,3,4). The number of hydrogen-bond acceptors (Lipinski definition) is 6. The molecule has 0 unspecified atom stereocenters. The van der Waals surface area contributed by atoms with Gasteiger partial charge in [-0.25, -0.2) is 0 Å². The van der Waals surface area contributed by atoms with Crippen LogP contribution in [-0.4, -0.2) is 57.4 Å². The summed E-state index contributed by atoms with van der Waals surface area (Å²) >= 11 is 0. The number of nitrogens with one attached hydrogen (secondary N) is 1. The summed E-state index contributed by atoms with van der Waals surface area (Å²) in [7, 11) is 0. The molecule has 132 valence electrons. The van der Waals surface area contributed by atoms with Gasteiger partial charge in [-0.3, -0.25) is 19.2 Å². The third-order valence-corrected chi connectivity index (χ3v) is 0.433. The van der Waals surface area contributed by atoms with Crippen molar-refractivity contribution < 1.29 is 39.6 Å². The summed E-state index contributed by atoms with van der Waals surface area (Å²) in [6.07, 6.45) is 1.63. The fourth-order valence-electron chi connectivity index (χ4n) is 0.185. The molecule has 22 heavy (non-hydrogen) atoms. The molecule has 0 aliphatic carbocycles. The Morgan fingerprint density at radius 1 is 0.864 bits per heavy atom. The summed E-state index contributed by atoms with van der Waals surface area (Å²) in [4.78, 5) is 36.0. The third kappa shape index (κ3) is 32300. The van der Waals surface area contributed by atoms with Gasteiger partial charge in [-0.15, -0.1) is 0 Å². The van der Waals surface area contributed by atoms with Crippen LogP contribution >= 0.6 is 0 Å². The molecule has 0 bridgehead atoms. The minimum Gasteiger partial charge on any atom is -0.481 e. The molecular weight excluding hydrogens is 300 g/mol. The van der Waals surface area contributed by atoms with E-state index in [1.165, 1.54) is 0 Å². The molecule has 0 rings (SSSR count). The van der Waals surface area contributed by atoms with E-state index >= 15 is 0 Å². The van der Waals surface area contributed by atoms with Gasteiger partial charge in [-0.05, 0) is 6.20 Å². The van der Waals surface area contributed by atoms with Crippen LogP contribution in [0.4, 0.5) is 0 Å². The van der Waals surface area contributed by atoms with Crippen molar-refractivity contribution in [2.75, 3.05) is 13.1 Å². The van der Waals surface area contributed by atoms with Gasteiger partial charge in [0.15, 0.2) is 0 Å². The van der Waals surface area contributed by atoms with Crippen molar-refractivity contribution in [2.24, 2.45) is 5.73 Å². The van der Waals surface area contributed by atoms with Crippen LogP contribution in [0.1, 0.15) is 27.7 Å². The Morgan fingerprint density at radius 3 is 1.09 bits per heavy atom. The number of hydrogen-bond donors (Lipinski definition) is 6. The number of carboxylic acid groups (broad SMARTS) is 4. The Kier molecular flexibility index (Phi) is 44.6. The van der Waals surface area contributed by atoms with E-state index in [1.807, 2.05) is 0 Å². The van der Waals surface area contributed by atoms with Crippen molar-refractivity contribution >= 4 is 23.9 Å². The fraction of sp³-hybridized carbons (Fsp3) is 0.500. The molecule has 0 aromatic carbocycles. The van der Waals surface area contributed by atoms with Crippen molar-refractivity contribution in [3.63, 3.8) is 0 Å². The van der Waals surface area contributed by atoms with Gasteiger partial charge in [-0.2, -0.15) is 0 Å². The maximum Gasteiger partial charge on any atom is 0.300 e. The van der Waals surface area contributed by atoms with E-state index in [4.69, 9.17) is 45.3 Å². The zero-order valence-electron chi connectivity index (χ0n) is 13.2. The molecule has 0 fully saturated rings. The Labute approximate surface area is 129 Å². The lowest BCUT2D eigenvalue weighted by Gasteiger charge is -1.89. The first-order valence-corrected chi connectivity index (χ1v) is 5.67. The van der Waals surface area contributed by atoms with Gasteiger partial charge in [0.05, 0.1) is 0 Å². The monoisotopic (exact) mass is 326 g/mol. The second-order valence-corrected chi connectivity index (χ2v) is 3.02. The van der Waals surface area contributed by atoms with Crippen molar-refractivity contribution in [2.45, 2.75) is 27.7 Å². The number of rotatable bonds is 3. The Morgan fingerprint density at radius 2 is 1.05 bits per heavy atom. The zero-order valence-corrected chi connectivity index (χ0v) is 13.2. The van der Waals surface area contributed by atoms with Crippen LogP contribution in [0.3, 0.4) is 0 Å². The van der Waals surface area contributed by atoms with Crippen molar-refractivity contribution in [1.82, 2.24) is 5.32 Å². The van der Waals surface area contributed by atoms with E-state index in [2.05, 4.69) is 11.9 Å². The number of carbonyl (C=O) groups is 4. The van der Waals surface area contributed by atoms with Crippen molar-refractivity contribution in [1.29, 1.82) is 0 Å². The van der Waals surface area contributed by atoms with Crippen LogP contribution in [0.25, 0.3) is 0 Å². The predicted octanol–water partition coefficient (Wildman–Crippen LogP) is 0.0418.